The number of sulfonamides is 1. The fourth-order valence-electron chi connectivity index (χ4n) is 2.03. The highest BCUT2D eigenvalue weighted by Gasteiger charge is 2.13. The second kappa shape index (κ2) is 8.45. The third-order valence-electron chi connectivity index (χ3n) is 3.21. The minimum Gasteiger partial charge on any atom is -0.427 e. The van der Waals surface area contributed by atoms with Crippen LogP contribution in [0.5, 0.6) is 11.5 Å². The van der Waals surface area contributed by atoms with Crippen LogP contribution in [0.15, 0.2) is 52.5 Å². The van der Waals surface area contributed by atoms with Crippen molar-refractivity contribution in [1.82, 2.24) is 4.83 Å². The maximum atomic E-state index is 12.2. The van der Waals surface area contributed by atoms with E-state index in [1.54, 1.807) is 12.1 Å². The normalized spacial score (nSPS) is 11.2. The fourth-order valence-corrected chi connectivity index (χ4v) is 2.82. The number of rotatable bonds is 6. The molecule has 0 aliphatic heterocycles. The topological polar surface area (TPSA) is 111 Å². The molecule has 0 spiro atoms. The van der Waals surface area contributed by atoms with Crippen LogP contribution in [0.2, 0.25) is 0 Å². The summed E-state index contributed by atoms with van der Waals surface area (Å²) in [5.41, 5.74) is 1.24. The minimum atomic E-state index is -3.83. The first-order valence-electron chi connectivity index (χ1n) is 7.80. The van der Waals surface area contributed by atoms with Crippen LogP contribution in [0.4, 0.5) is 0 Å². The number of hydrazone groups is 1. The molecule has 0 radical (unpaired) electrons. The van der Waals surface area contributed by atoms with Crippen LogP contribution in [-0.2, 0) is 19.6 Å². The van der Waals surface area contributed by atoms with E-state index in [1.807, 2.05) is 6.92 Å². The predicted molar refractivity (Wildman–Crippen MR) is 98.2 cm³/mol. The minimum absolute atomic E-state index is 0.0654. The van der Waals surface area contributed by atoms with Crippen LogP contribution in [0.1, 0.15) is 25.0 Å². The molecule has 0 fully saturated rings. The first-order valence-corrected chi connectivity index (χ1v) is 9.28. The van der Waals surface area contributed by atoms with Crippen molar-refractivity contribution < 1.29 is 27.5 Å². The SMILES string of the molecule is CC(=O)Oc1ccc(C=NNS(=O)(=O)c2ccc(C)cc2)c(OC(C)=O)c1. The van der Waals surface area contributed by atoms with Crippen LogP contribution in [0, 0.1) is 6.92 Å². The van der Waals surface area contributed by atoms with Gasteiger partial charge in [0, 0.05) is 25.5 Å². The lowest BCUT2D eigenvalue weighted by Crippen LogP contribution is -2.18. The van der Waals surface area contributed by atoms with Crippen molar-refractivity contribution in [2.24, 2.45) is 5.10 Å². The van der Waals surface area contributed by atoms with E-state index in [0.717, 1.165) is 5.56 Å². The Morgan fingerprint density at radius 3 is 2.22 bits per heavy atom. The molecule has 9 heteroatoms. The number of aryl methyl sites for hydroxylation is 1. The molecule has 0 saturated carbocycles. The number of carbonyl (C=O) groups is 2. The van der Waals surface area contributed by atoms with Gasteiger partial charge in [0.2, 0.25) is 0 Å². The highest BCUT2D eigenvalue weighted by atomic mass is 32.2. The van der Waals surface area contributed by atoms with E-state index in [9.17, 15) is 18.0 Å². The van der Waals surface area contributed by atoms with Crippen molar-refractivity contribution in [2.75, 3.05) is 0 Å². The van der Waals surface area contributed by atoms with Gasteiger partial charge in [-0.2, -0.15) is 13.5 Å². The number of hydrogen-bond acceptors (Lipinski definition) is 7. The molecule has 0 aromatic heterocycles. The van der Waals surface area contributed by atoms with E-state index in [-0.39, 0.29) is 16.4 Å². The molecule has 2 aromatic carbocycles. The van der Waals surface area contributed by atoms with Crippen molar-refractivity contribution in [2.45, 2.75) is 25.7 Å². The molecule has 142 valence electrons. The average molecular weight is 390 g/mol. The van der Waals surface area contributed by atoms with Crippen LogP contribution in [-0.4, -0.2) is 26.6 Å². The van der Waals surface area contributed by atoms with Gasteiger partial charge in [-0.15, -0.1) is 0 Å². The van der Waals surface area contributed by atoms with Gasteiger partial charge in [0.1, 0.15) is 11.5 Å². The van der Waals surface area contributed by atoms with Gasteiger partial charge in [-0.05, 0) is 31.2 Å². The Hall–Kier alpha value is -3.20. The van der Waals surface area contributed by atoms with Crippen molar-refractivity contribution in [1.29, 1.82) is 0 Å². The van der Waals surface area contributed by atoms with Crippen molar-refractivity contribution in [3.8, 4) is 11.5 Å². The Morgan fingerprint density at radius 2 is 1.63 bits per heavy atom. The van der Waals surface area contributed by atoms with Crippen LogP contribution in [0.25, 0.3) is 0 Å². The van der Waals surface area contributed by atoms with Gasteiger partial charge in [0.25, 0.3) is 10.0 Å². The molecule has 2 aromatic rings. The Bertz CT molecular complexity index is 981. The summed E-state index contributed by atoms with van der Waals surface area (Å²) in [5.74, 6) is -0.878. The van der Waals surface area contributed by atoms with E-state index in [1.165, 1.54) is 50.4 Å². The molecule has 0 heterocycles. The molecule has 0 unspecified atom stereocenters. The summed E-state index contributed by atoms with van der Waals surface area (Å²) >= 11 is 0. The zero-order valence-corrected chi connectivity index (χ0v) is 15.7. The van der Waals surface area contributed by atoms with Gasteiger partial charge < -0.3 is 9.47 Å². The lowest BCUT2D eigenvalue weighted by Gasteiger charge is -2.08. The maximum absolute atomic E-state index is 12.2. The first kappa shape index (κ1) is 20.1. The van der Waals surface area contributed by atoms with Gasteiger partial charge in [0.05, 0.1) is 11.1 Å². The Labute approximate surface area is 156 Å². The first-order chi connectivity index (χ1) is 12.7. The van der Waals surface area contributed by atoms with Crippen LogP contribution in [0.3, 0.4) is 0 Å². The molecule has 8 nitrogen and oxygen atoms in total. The number of nitrogens with one attached hydrogen (secondary N) is 1. The monoisotopic (exact) mass is 390 g/mol. The molecule has 0 aliphatic rings. The molecular formula is C18H18N2O6S. The van der Waals surface area contributed by atoms with E-state index in [4.69, 9.17) is 9.47 Å². The summed E-state index contributed by atoms with van der Waals surface area (Å²) in [6.45, 7) is 4.29. The van der Waals surface area contributed by atoms with E-state index >= 15 is 0 Å². The van der Waals surface area contributed by atoms with Crippen molar-refractivity contribution in [3.63, 3.8) is 0 Å². The van der Waals surface area contributed by atoms with Crippen molar-refractivity contribution >= 4 is 28.2 Å². The number of esters is 2. The smallest absolute Gasteiger partial charge is 0.308 e. The zero-order valence-electron chi connectivity index (χ0n) is 14.9. The molecule has 0 amide bonds. The average Bonchev–Trinajstić information content (AvgIpc) is 2.56. The Balaban J connectivity index is 2.23. The third-order valence-corrected chi connectivity index (χ3v) is 4.45. The molecule has 1 N–H and O–H groups in total. The molecule has 27 heavy (non-hydrogen) atoms. The fraction of sp³-hybridized carbons (Fsp3) is 0.167. The van der Waals surface area contributed by atoms with Crippen LogP contribution >= 0.6 is 0 Å². The molecule has 0 aliphatic carbocycles. The third kappa shape index (κ3) is 5.93. The van der Waals surface area contributed by atoms with E-state index < -0.39 is 22.0 Å². The van der Waals surface area contributed by atoms with Gasteiger partial charge in [0.15, 0.2) is 0 Å². The summed E-state index contributed by atoms with van der Waals surface area (Å²) in [7, 11) is -3.83. The van der Waals surface area contributed by atoms with Crippen molar-refractivity contribution in [3.05, 3.63) is 53.6 Å². The molecule has 0 saturated heterocycles. The largest absolute Gasteiger partial charge is 0.427 e. The van der Waals surface area contributed by atoms with Gasteiger partial charge in [-0.3, -0.25) is 9.59 Å². The zero-order chi connectivity index (χ0) is 20.0. The molecular weight excluding hydrogens is 372 g/mol. The summed E-state index contributed by atoms with van der Waals surface area (Å²) in [6, 6.07) is 10.5. The number of nitrogens with zero attached hydrogens (tertiary/aromatic N) is 1. The Morgan fingerprint density at radius 1 is 1.00 bits per heavy atom. The number of ether oxygens (including phenoxy) is 2. The second-order valence-electron chi connectivity index (χ2n) is 5.55. The molecule has 2 rings (SSSR count). The standard InChI is InChI=1S/C18H18N2O6S/c1-12-4-8-17(9-5-12)27(23,24)20-19-11-15-6-7-16(25-13(2)21)10-18(15)26-14(3)22/h4-11,20H,1-3H3. The predicted octanol–water partition coefficient (Wildman–Crippen LogP) is 2.16. The summed E-state index contributed by atoms with van der Waals surface area (Å²) in [6.07, 6.45) is 1.18. The lowest BCUT2D eigenvalue weighted by atomic mass is 10.2. The Kier molecular flexibility index (Phi) is 6.30. The quantitative estimate of drug-likeness (QED) is 0.350. The molecule has 0 atom stereocenters. The van der Waals surface area contributed by atoms with Crippen LogP contribution < -0.4 is 14.3 Å². The van der Waals surface area contributed by atoms with Gasteiger partial charge >= 0.3 is 11.9 Å². The van der Waals surface area contributed by atoms with E-state index in [0.29, 0.717) is 5.56 Å². The summed E-state index contributed by atoms with van der Waals surface area (Å²) in [4.78, 5) is 24.4. The number of hydrogen-bond donors (Lipinski definition) is 1. The van der Waals surface area contributed by atoms with Gasteiger partial charge in [-0.25, -0.2) is 4.83 Å². The second-order valence-corrected chi connectivity index (χ2v) is 7.21. The molecule has 0 bridgehead atoms. The highest BCUT2D eigenvalue weighted by Crippen LogP contribution is 2.24. The lowest BCUT2D eigenvalue weighted by molar-refractivity contribution is -0.132. The summed E-state index contributed by atoms with van der Waals surface area (Å²) < 4.78 is 34.4. The number of benzene rings is 2. The van der Waals surface area contributed by atoms with E-state index in [2.05, 4.69) is 9.93 Å². The van der Waals surface area contributed by atoms with Gasteiger partial charge in [-0.1, -0.05) is 17.7 Å². The highest BCUT2D eigenvalue weighted by molar-refractivity contribution is 7.89. The summed E-state index contributed by atoms with van der Waals surface area (Å²) in [5, 5.41) is 3.71. The maximum Gasteiger partial charge on any atom is 0.308 e. The number of carbonyl (C=O) groups excluding carboxylic acids is 2.